The topological polar surface area (TPSA) is 84.4 Å². The molecule has 2 aromatic carbocycles. The lowest BCUT2D eigenvalue weighted by molar-refractivity contribution is -0.00540. The van der Waals surface area contributed by atoms with Gasteiger partial charge in [-0.2, -0.15) is 0 Å². The van der Waals surface area contributed by atoms with E-state index in [1.165, 1.54) is 0 Å². The second kappa shape index (κ2) is 7.37. The normalized spacial score (nSPS) is 20.3. The molecule has 4 rings (SSSR count). The average molecular weight is 398 g/mol. The van der Waals surface area contributed by atoms with E-state index >= 15 is 0 Å². The number of aromatic nitrogens is 2. The number of benzene rings is 2. The quantitative estimate of drug-likeness (QED) is 0.727. The minimum Gasteiger partial charge on any atom is -0.372 e. The Morgan fingerprint density at radius 1 is 0.929 bits per heavy atom. The van der Waals surface area contributed by atoms with Gasteiger partial charge in [-0.15, -0.1) is 0 Å². The molecule has 0 aliphatic carbocycles. The molecule has 146 valence electrons. The van der Waals surface area contributed by atoms with Crippen molar-refractivity contribution in [1.29, 1.82) is 0 Å². The molecular weight excluding hydrogens is 376 g/mol. The van der Waals surface area contributed by atoms with E-state index in [1.54, 1.807) is 30.3 Å². The molecule has 2 heterocycles. The summed E-state index contributed by atoms with van der Waals surface area (Å²) in [7, 11) is -3.78. The van der Waals surface area contributed by atoms with Crippen LogP contribution in [0.15, 0.2) is 59.5 Å². The maximum atomic E-state index is 12.9. The Morgan fingerprint density at radius 3 is 2.14 bits per heavy atom. The van der Waals surface area contributed by atoms with Crippen molar-refractivity contribution >= 4 is 32.7 Å². The monoisotopic (exact) mass is 398 g/mol. The van der Waals surface area contributed by atoms with Crippen molar-refractivity contribution in [3.8, 4) is 0 Å². The summed E-state index contributed by atoms with van der Waals surface area (Å²) in [5, 5.41) is 0. The summed E-state index contributed by atoms with van der Waals surface area (Å²) >= 11 is 0. The summed E-state index contributed by atoms with van der Waals surface area (Å²) < 4.78 is 34.2. The van der Waals surface area contributed by atoms with Crippen molar-refractivity contribution in [3.63, 3.8) is 0 Å². The molecule has 8 heteroatoms. The zero-order valence-corrected chi connectivity index (χ0v) is 16.6. The Bertz CT molecular complexity index is 1080. The highest BCUT2D eigenvalue weighted by molar-refractivity contribution is 7.92. The van der Waals surface area contributed by atoms with E-state index in [9.17, 15) is 8.42 Å². The molecule has 1 N–H and O–H groups in total. The summed E-state index contributed by atoms with van der Waals surface area (Å²) in [5.41, 5.74) is 1.35. The molecule has 7 nitrogen and oxygen atoms in total. The van der Waals surface area contributed by atoms with Gasteiger partial charge in [-0.1, -0.05) is 30.3 Å². The minimum absolute atomic E-state index is 0.00982. The van der Waals surface area contributed by atoms with Gasteiger partial charge in [-0.25, -0.2) is 18.4 Å². The molecule has 1 fully saturated rings. The predicted octanol–water partition coefficient (Wildman–Crippen LogP) is 3.04. The number of sulfonamides is 1. The number of hydrogen-bond donors (Lipinski definition) is 1. The van der Waals surface area contributed by atoms with Gasteiger partial charge < -0.3 is 9.64 Å². The van der Waals surface area contributed by atoms with Crippen LogP contribution in [-0.4, -0.2) is 43.7 Å². The van der Waals surface area contributed by atoms with Crippen LogP contribution in [0.5, 0.6) is 0 Å². The van der Waals surface area contributed by atoms with Crippen LogP contribution < -0.4 is 9.62 Å². The fourth-order valence-corrected chi connectivity index (χ4v) is 4.44. The van der Waals surface area contributed by atoms with Gasteiger partial charge in [0.15, 0.2) is 11.6 Å². The molecule has 0 unspecified atom stereocenters. The van der Waals surface area contributed by atoms with Gasteiger partial charge >= 0.3 is 0 Å². The number of anilines is 2. The number of hydrogen-bond acceptors (Lipinski definition) is 6. The van der Waals surface area contributed by atoms with Crippen LogP contribution in [0.25, 0.3) is 11.0 Å². The number of nitrogens with zero attached hydrogens (tertiary/aromatic N) is 3. The lowest BCUT2D eigenvalue weighted by Crippen LogP contribution is -2.46. The summed E-state index contributed by atoms with van der Waals surface area (Å²) in [5.74, 6) is 0.740. The molecule has 0 amide bonds. The third-order valence-corrected chi connectivity index (χ3v) is 5.91. The van der Waals surface area contributed by atoms with Crippen molar-refractivity contribution in [3.05, 3.63) is 54.6 Å². The van der Waals surface area contributed by atoms with Crippen molar-refractivity contribution in [2.45, 2.75) is 31.0 Å². The molecule has 1 saturated heterocycles. The molecule has 2 atom stereocenters. The van der Waals surface area contributed by atoms with Gasteiger partial charge in [0.25, 0.3) is 10.0 Å². The molecule has 0 radical (unpaired) electrons. The molecule has 3 aromatic rings. The van der Waals surface area contributed by atoms with Crippen LogP contribution in [0.2, 0.25) is 0 Å². The zero-order valence-electron chi connectivity index (χ0n) is 15.7. The number of fused-ring (bicyclic) bond motifs is 1. The van der Waals surface area contributed by atoms with Crippen LogP contribution >= 0.6 is 0 Å². The maximum absolute atomic E-state index is 12.9. The summed E-state index contributed by atoms with van der Waals surface area (Å²) in [6, 6.07) is 15.7. The van der Waals surface area contributed by atoms with Gasteiger partial charge in [-0.05, 0) is 38.1 Å². The van der Waals surface area contributed by atoms with Gasteiger partial charge in [0.05, 0.1) is 28.1 Å². The standard InChI is InChI=1S/C20H22N4O3S/c1-14-12-24(13-15(2)27-14)20-19(21-17-10-6-7-11-18(17)22-20)23-28(25,26)16-8-4-3-5-9-16/h3-11,14-15H,12-13H2,1-2H3,(H,21,23)/t14-,15+. The van der Waals surface area contributed by atoms with E-state index in [0.717, 1.165) is 0 Å². The number of ether oxygens (including phenoxy) is 1. The lowest BCUT2D eigenvalue weighted by Gasteiger charge is -2.36. The van der Waals surface area contributed by atoms with Crippen molar-refractivity contribution < 1.29 is 13.2 Å². The van der Waals surface area contributed by atoms with Gasteiger partial charge in [0, 0.05) is 13.1 Å². The van der Waals surface area contributed by atoms with Crippen LogP contribution in [0.4, 0.5) is 11.6 Å². The highest BCUT2D eigenvalue weighted by atomic mass is 32.2. The Kier molecular flexibility index (Phi) is 4.91. The van der Waals surface area contributed by atoms with Crippen LogP contribution in [-0.2, 0) is 14.8 Å². The lowest BCUT2D eigenvalue weighted by atomic mass is 10.2. The fraction of sp³-hybridized carbons (Fsp3) is 0.300. The second-order valence-electron chi connectivity index (χ2n) is 6.97. The third-order valence-electron chi connectivity index (χ3n) is 4.56. The first kappa shape index (κ1) is 18.6. The van der Waals surface area contributed by atoms with Gasteiger partial charge in [-0.3, -0.25) is 4.72 Å². The number of nitrogens with one attached hydrogen (secondary N) is 1. The van der Waals surface area contributed by atoms with Gasteiger partial charge in [0.2, 0.25) is 0 Å². The first-order valence-corrected chi connectivity index (χ1v) is 10.7. The zero-order chi connectivity index (χ0) is 19.7. The van der Waals surface area contributed by atoms with Crippen molar-refractivity contribution in [1.82, 2.24) is 9.97 Å². The summed E-state index contributed by atoms with van der Waals surface area (Å²) in [6.45, 7) is 5.20. The first-order chi connectivity index (χ1) is 13.4. The number of para-hydroxylation sites is 2. The highest BCUT2D eigenvalue weighted by Crippen LogP contribution is 2.29. The average Bonchev–Trinajstić information content (AvgIpc) is 2.67. The van der Waals surface area contributed by atoms with Crippen LogP contribution in [0, 0.1) is 0 Å². The van der Waals surface area contributed by atoms with Crippen LogP contribution in [0.1, 0.15) is 13.8 Å². The SMILES string of the molecule is C[C@@H]1CN(c2nc3ccccc3nc2NS(=O)(=O)c2ccccc2)C[C@H](C)O1. The number of rotatable bonds is 4. The molecule has 1 aliphatic rings. The van der Waals surface area contributed by atoms with E-state index < -0.39 is 10.0 Å². The minimum atomic E-state index is -3.78. The largest absolute Gasteiger partial charge is 0.372 e. The molecule has 0 spiro atoms. The Labute approximate surface area is 164 Å². The molecule has 0 saturated carbocycles. The Hall–Kier alpha value is -2.71. The molecular formula is C20H22N4O3S. The van der Waals surface area contributed by atoms with Crippen molar-refractivity contribution in [2.24, 2.45) is 0 Å². The highest BCUT2D eigenvalue weighted by Gasteiger charge is 2.27. The molecule has 1 aromatic heterocycles. The molecule has 28 heavy (non-hydrogen) atoms. The third kappa shape index (κ3) is 3.79. The van der Waals surface area contributed by atoms with E-state index in [4.69, 9.17) is 9.72 Å². The predicted molar refractivity (Wildman–Crippen MR) is 109 cm³/mol. The maximum Gasteiger partial charge on any atom is 0.263 e. The Balaban J connectivity index is 1.80. The molecule has 1 aliphatic heterocycles. The van der Waals surface area contributed by atoms with E-state index in [2.05, 4.69) is 9.71 Å². The van der Waals surface area contributed by atoms with E-state index in [-0.39, 0.29) is 22.9 Å². The smallest absolute Gasteiger partial charge is 0.263 e. The number of morpholine rings is 1. The Morgan fingerprint density at radius 2 is 1.50 bits per heavy atom. The molecule has 0 bridgehead atoms. The van der Waals surface area contributed by atoms with Crippen molar-refractivity contribution in [2.75, 3.05) is 22.7 Å². The van der Waals surface area contributed by atoms with E-state index in [0.29, 0.717) is 29.9 Å². The fourth-order valence-electron chi connectivity index (χ4n) is 3.42. The second-order valence-corrected chi connectivity index (χ2v) is 8.65. The van der Waals surface area contributed by atoms with E-state index in [1.807, 2.05) is 43.0 Å². The van der Waals surface area contributed by atoms with Crippen LogP contribution in [0.3, 0.4) is 0 Å². The summed E-state index contributed by atoms with van der Waals surface area (Å²) in [4.78, 5) is 11.5. The van der Waals surface area contributed by atoms with Gasteiger partial charge in [0.1, 0.15) is 0 Å². The summed E-state index contributed by atoms with van der Waals surface area (Å²) in [6.07, 6.45) is 0.0196. The first-order valence-electron chi connectivity index (χ1n) is 9.17.